The molecule has 0 amide bonds. The Balaban J connectivity index is 1.94. The zero-order chi connectivity index (χ0) is 12.7. The predicted octanol–water partition coefficient (Wildman–Crippen LogP) is -1.01. The Bertz CT molecular complexity index is 673. The lowest BCUT2D eigenvalue weighted by Crippen LogP contribution is -2.44. The highest BCUT2D eigenvalue weighted by Gasteiger charge is 2.22. The molecule has 1 aromatic carbocycles. The fourth-order valence-corrected chi connectivity index (χ4v) is 2.40. The van der Waals surface area contributed by atoms with Gasteiger partial charge in [0.2, 0.25) is 0 Å². The van der Waals surface area contributed by atoms with Gasteiger partial charge in [0.25, 0.3) is 0 Å². The zero-order valence-electron chi connectivity index (χ0n) is 9.72. The second kappa shape index (κ2) is 3.91. The van der Waals surface area contributed by atoms with Crippen molar-refractivity contribution in [1.29, 1.82) is 0 Å². The Hall–Kier alpha value is -2.23. The van der Waals surface area contributed by atoms with Crippen LogP contribution in [0.1, 0.15) is 6.42 Å². The minimum Gasteiger partial charge on any atom is -0.875 e. The van der Waals surface area contributed by atoms with E-state index in [9.17, 15) is 9.90 Å². The molecule has 2 aliphatic rings. The van der Waals surface area contributed by atoms with Gasteiger partial charge >= 0.3 is 5.97 Å². The molecule has 0 saturated heterocycles. The molecule has 1 N–H and O–H groups in total. The van der Waals surface area contributed by atoms with Gasteiger partial charge in [-0.3, -0.25) is 0 Å². The van der Waals surface area contributed by atoms with Gasteiger partial charge in [-0.1, -0.05) is 24.3 Å². The Morgan fingerprint density at radius 2 is 2.11 bits per heavy atom. The van der Waals surface area contributed by atoms with Gasteiger partial charge in [0.05, 0.1) is 0 Å². The molecule has 0 fully saturated rings. The van der Waals surface area contributed by atoms with Gasteiger partial charge in [0.15, 0.2) is 0 Å². The third-order valence-corrected chi connectivity index (χ3v) is 3.42. The van der Waals surface area contributed by atoms with Crippen LogP contribution in [-0.4, -0.2) is 29.1 Å². The molecule has 0 unspecified atom stereocenters. The van der Waals surface area contributed by atoms with E-state index in [1.54, 1.807) is 0 Å². The van der Waals surface area contributed by atoms with E-state index >= 15 is 0 Å². The van der Waals surface area contributed by atoms with E-state index in [4.69, 9.17) is 5.11 Å². The van der Waals surface area contributed by atoms with E-state index in [-0.39, 0.29) is 24.3 Å². The summed E-state index contributed by atoms with van der Waals surface area (Å²) < 4.78 is 0. The smallest absolute Gasteiger partial charge is 0.332 e. The van der Waals surface area contributed by atoms with Crippen LogP contribution in [0.2, 0.25) is 0 Å². The summed E-state index contributed by atoms with van der Waals surface area (Å²) >= 11 is 0. The van der Waals surface area contributed by atoms with Gasteiger partial charge in [0, 0.05) is 29.6 Å². The Morgan fingerprint density at radius 3 is 2.83 bits per heavy atom. The van der Waals surface area contributed by atoms with Gasteiger partial charge in [-0.05, 0) is 17.7 Å². The largest absolute Gasteiger partial charge is 0.875 e. The van der Waals surface area contributed by atoms with Gasteiger partial charge in [-0.25, -0.2) is 4.79 Å². The van der Waals surface area contributed by atoms with Gasteiger partial charge in [-0.15, -0.1) is 5.76 Å². The first-order chi connectivity index (χ1) is 8.66. The molecule has 4 heteroatoms. The molecular weight excluding hydrogens is 230 g/mol. The number of hydrogen-bond donors (Lipinski definition) is 1. The first-order valence-electron chi connectivity index (χ1n) is 5.85. The summed E-state index contributed by atoms with van der Waals surface area (Å²) in [5.41, 5.74) is 1.03. The third kappa shape index (κ3) is 1.57. The third-order valence-electron chi connectivity index (χ3n) is 3.42. The minimum absolute atomic E-state index is 0.00784. The number of hydrogen-bond acceptors (Lipinski definition) is 3. The van der Waals surface area contributed by atoms with E-state index in [2.05, 4.69) is 0 Å². The zero-order valence-corrected chi connectivity index (χ0v) is 9.72. The predicted molar refractivity (Wildman–Crippen MR) is 64.4 cm³/mol. The van der Waals surface area contributed by atoms with Crippen molar-refractivity contribution in [2.75, 3.05) is 13.1 Å². The van der Waals surface area contributed by atoms with Crippen molar-refractivity contribution in [1.82, 2.24) is 4.90 Å². The molecule has 18 heavy (non-hydrogen) atoms. The van der Waals surface area contributed by atoms with Crippen molar-refractivity contribution in [3.8, 4) is 0 Å². The molecule has 1 heterocycles. The molecule has 0 spiro atoms. The normalized spacial score (nSPS) is 18.0. The standard InChI is InChI=1S/C14H13NO3/c16-13-5-6-15(8-11(13)14(17)18)12-7-9-3-1-2-4-10(9)12/h1-4,7,16H,5-6,8H2,(H,17,18)/p-1. The van der Waals surface area contributed by atoms with E-state index in [0.29, 0.717) is 6.54 Å². The van der Waals surface area contributed by atoms with Crippen LogP contribution in [0.3, 0.4) is 0 Å². The molecule has 0 saturated carbocycles. The fraction of sp³-hybridized carbons (Fsp3) is 0.214. The van der Waals surface area contributed by atoms with Gasteiger partial charge in [0.1, 0.15) is 0 Å². The number of carbonyl (C=O) groups is 1. The van der Waals surface area contributed by atoms with Crippen LogP contribution in [0.25, 0.3) is 11.8 Å². The Morgan fingerprint density at radius 1 is 1.33 bits per heavy atom. The summed E-state index contributed by atoms with van der Waals surface area (Å²) in [6.07, 6.45) is 2.31. The second-order valence-electron chi connectivity index (χ2n) is 4.50. The number of nitrogens with zero attached hydrogens (tertiary/aromatic N) is 1. The highest BCUT2D eigenvalue weighted by Crippen LogP contribution is 2.20. The summed E-state index contributed by atoms with van der Waals surface area (Å²) in [4.78, 5) is 12.9. The van der Waals surface area contributed by atoms with E-state index in [0.717, 1.165) is 10.9 Å². The lowest BCUT2D eigenvalue weighted by molar-refractivity contribution is -0.310. The summed E-state index contributed by atoms with van der Waals surface area (Å²) in [5.74, 6) is -1.34. The molecular formula is C14H12NO3-. The molecule has 1 aromatic rings. The van der Waals surface area contributed by atoms with E-state index in [1.807, 2.05) is 35.2 Å². The van der Waals surface area contributed by atoms with Crippen LogP contribution in [0.4, 0.5) is 0 Å². The number of fused-ring (bicyclic) bond motifs is 1. The topological polar surface area (TPSA) is 63.6 Å². The molecule has 0 aromatic heterocycles. The summed E-state index contributed by atoms with van der Waals surface area (Å²) in [7, 11) is 0. The van der Waals surface area contributed by atoms with Crippen molar-refractivity contribution < 1.29 is 15.0 Å². The molecule has 0 atom stereocenters. The van der Waals surface area contributed by atoms with Crippen molar-refractivity contribution in [3.63, 3.8) is 0 Å². The molecule has 1 aliphatic heterocycles. The van der Waals surface area contributed by atoms with Crippen LogP contribution in [0, 0.1) is 0 Å². The lowest BCUT2D eigenvalue weighted by Gasteiger charge is -2.35. The lowest BCUT2D eigenvalue weighted by atomic mass is 10.0. The van der Waals surface area contributed by atoms with Crippen LogP contribution in [0.5, 0.6) is 0 Å². The number of carboxylic acids is 1. The van der Waals surface area contributed by atoms with Crippen molar-refractivity contribution in [3.05, 3.63) is 46.0 Å². The average molecular weight is 242 g/mol. The molecule has 0 radical (unpaired) electrons. The Labute approximate surface area is 104 Å². The maximum absolute atomic E-state index is 11.5. The van der Waals surface area contributed by atoms with Crippen molar-refractivity contribution in [2.45, 2.75) is 6.42 Å². The number of carboxylic acid groups (broad SMARTS) is 1. The highest BCUT2D eigenvalue weighted by atomic mass is 16.4. The van der Waals surface area contributed by atoms with Crippen LogP contribution in [-0.2, 0) is 4.79 Å². The first-order valence-corrected chi connectivity index (χ1v) is 5.85. The molecule has 4 nitrogen and oxygen atoms in total. The SMILES string of the molecule is O=C(O)C1=C([O-])CCN(C2=c3ccccc3=C2)C1. The van der Waals surface area contributed by atoms with Crippen molar-refractivity contribution in [2.24, 2.45) is 0 Å². The van der Waals surface area contributed by atoms with Crippen molar-refractivity contribution >= 4 is 17.7 Å². The molecule has 1 aliphatic carbocycles. The number of rotatable bonds is 2. The monoisotopic (exact) mass is 242 g/mol. The van der Waals surface area contributed by atoms with Crippen LogP contribution in [0.15, 0.2) is 35.6 Å². The Kier molecular flexibility index (Phi) is 2.37. The van der Waals surface area contributed by atoms with Crippen LogP contribution < -0.4 is 15.5 Å². The fourth-order valence-electron chi connectivity index (χ4n) is 2.40. The maximum Gasteiger partial charge on any atom is 0.332 e. The van der Waals surface area contributed by atoms with E-state index < -0.39 is 5.97 Å². The van der Waals surface area contributed by atoms with Gasteiger partial charge < -0.3 is 15.1 Å². The molecule has 0 bridgehead atoms. The first kappa shape index (κ1) is 10.9. The molecule has 92 valence electrons. The van der Waals surface area contributed by atoms with E-state index in [1.165, 1.54) is 5.22 Å². The summed E-state index contributed by atoms with van der Waals surface area (Å²) in [5, 5.41) is 22.8. The second-order valence-corrected chi connectivity index (χ2v) is 4.50. The van der Waals surface area contributed by atoms with Crippen LogP contribution >= 0.6 is 0 Å². The average Bonchev–Trinajstić information content (AvgIpc) is 2.32. The number of aliphatic carboxylic acids is 1. The molecule has 3 rings (SSSR count). The maximum atomic E-state index is 11.5. The minimum atomic E-state index is -1.10. The quantitative estimate of drug-likeness (QED) is 0.722. The highest BCUT2D eigenvalue weighted by molar-refractivity contribution is 5.89. The summed E-state index contributed by atoms with van der Waals surface area (Å²) in [6, 6.07) is 7.97. The summed E-state index contributed by atoms with van der Waals surface area (Å²) in [6.45, 7) is 0.796. The number of benzene rings is 1. The van der Waals surface area contributed by atoms with Gasteiger partial charge in [-0.2, -0.15) is 0 Å².